The number of carbonyl (C=O) groups excluding carboxylic acids is 2. The van der Waals surface area contributed by atoms with Crippen LogP contribution in [0.25, 0.3) is 0 Å². The molecule has 2 aromatic rings. The van der Waals surface area contributed by atoms with Gasteiger partial charge in [-0.05, 0) is 42.5 Å². The average molecular weight is 565 g/mol. The van der Waals surface area contributed by atoms with Crippen molar-refractivity contribution >= 4 is 39.6 Å². The number of benzene rings is 1. The number of carbonyl (C=O) groups is 2. The van der Waals surface area contributed by atoms with Gasteiger partial charge in [-0.3, -0.25) is 9.59 Å². The molecule has 4 unspecified atom stereocenters. The van der Waals surface area contributed by atoms with Gasteiger partial charge in [-0.2, -0.15) is 16.7 Å². The van der Waals surface area contributed by atoms with Crippen LogP contribution in [0.5, 0.6) is 0 Å². The Kier molecular flexibility index (Phi) is 10.8. The predicted molar refractivity (Wildman–Crippen MR) is 134 cm³/mol. The molecule has 11 nitrogen and oxygen atoms in total. The number of nitrogens with zero attached hydrogens (tertiary/aromatic N) is 2. The predicted octanol–water partition coefficient (Wildman–Crippen LogP) is 0.669. The zero-order chi connectivity index (χ0) is 27.9. The van der Waals surface area contributed by atoms with Crippen molar-refractivity contribution in [3.8, 4) is 0 Å². The lowest BCUT2D eigenvalue weighted by molar-refractivity contribution is -0.121. The minimum atomic E-state index is -3.73. The van der Waals surface area contributed by atoms with Crippen molar-refractivity contribution in [2.45, 2.75) is 44.1 Å². The highest BCUT2D eigenvalue weighted by atomic mass is 32.2. The Balaban J connectivity index is 2.35. The van der Waals surface area contributed by atoms with Crippen LogP contribution in [0.3, 0.4) is 0 Å². The second-order valence-electron chi connectivity index (χ2n) is 8.38. The number of thioether (sulfide) groups is 1. The van der Waals surface area contributed by atoms with Crippen molar-refractivity contribution < 1.29 is 41.4 Å². The molecule has 0 aliphatic carbocycles. The minimum absolute atomic E-state index is 0.0758. The third-order valence-corrected chi connectivity index (χ3v) is 7.18. The molecule has 0 fully saturated rings. The number of nitrogens with one attached hydrogen (secondary N) is 2. The highest BCUT2D eigenvalue weighted by molar-refractivity contribution is 7.98. The van der Waals surface area contributed by atoms with E-state index in [2.05, 4.69) is 15.6 Å². The Morgan fingerprint density at radius 2 is 1.73 bits per heavy atom. The zero-order valence-corrected chi connectivity index (χ0v) is 22.3. The highest BCUT2D eigenvalue weighted by Crippen LogP contribution is 2.18. The van der Waals surface area contributed by atoms with E-state index in [1.807, 2.05) is 6.26 Å². The Hall–Kier alpha value is -2.75. The van der Waals surface area contributed by atoms with E-state index < -0.39 is 57.8 Å². The molecule has 0 aliphatic rings. The number of oxazole rings is 1. The minimum Gasteiger partial charge on any atom is -0.430 e. The molecule has 1 heterocycles. The summed E-state index contributed by atoms with van der Waals surface area (Å²) in [7, 11) is -2.56. The molecule has 1 aromatic carbocycles. The van der Waals surface area contributed by atoms with Crippen molar-refractivity contribution in [3.63, 3.8) is 0 Å². The van der Waals surface area contributed by atoms with Gasteiger partial charge in [0.1, 0.15) is 30.1 Å². The first kappa shape index (κ1) is 30.5. The molecule has 0 saturated carbocycles. The standard InChI is InChI=1S/C22H30F2N4O7S2/c1-12(29)25-16(5-6-36-3)19(30)20(31)17(9-13-7-14(23)10-15(24)8-13)26-21(32)18-11-35-22(27-18)28(2)37(4,33)34/h7-8,10-11,16-17,19-20,30-31H,5-6,9H2,1-4H3,(H,25,29)(H,26,32). The van der Waals surface area contributed by atoms with Crippen molar-refractivity contribution in [2.75, 3.05) is 29.6 Å². The van der Waals surface area contributed by atoms with Crippen LogP contribution in [0.2, 0.25) is 0 Å². The van der Waals surface area contributed by atoms with Gasteiger partial charge in [-0.25, -0.2) is 21.5 Å². The lowest BCUT2D eigenvalue weighted by Crippen LogP contribution is -2.56. The SMILES string of the molecule is CSCCC(NC(C)=O)C(O)C(O)C(Cc1cc(F)cc(F)c1)NC(=O)c1coc(N(C)S(C)(=O)=O)n1. The monoisotopic (exact) mass is 564 g/mol. The molecule has 0 bridgehead atoms. The van der Waals surface area contributed by atoms with Gasteiger partial charge in [0, 0.05) is 20.0 Å². The molecule has 0 aliphatic heterocycles. The molecule has 2 rings (SSSR count). The van der Waals surface area contributed by atoms with Crippen LogP contribution in [0, 0.1) is 11.6 Å². The first-order chi connectivity index (χ1) is 17.2. The maximum Gasteiger partial charge on any atom is 0.311 e. The largest absolute Gasteiger partial charge is 0.430 e. The third-order valence-electron chi connectivity index (χ3n) is 5.38. The maximum absolute atomic E-state index is 13.8. The van der Waals surface area contributed by atoms with Crippen LogP contribution in [0.15, 0.2) is 28.9 Å². The van der Waals surface area contributed by atoms with Crippen LogP contribution < -0.4 is 14.9 Å². The smallest absolute Gasteiger partial charge is 0.311 e. The quantitative estimate of drug-likeness (QED) is 0.274. The van der Waals surface area contributed by atoms with E-state index in [1.165, 1.54) is 25.7 Å². The summed E-state index contributed by atoms with van der Waals surface area (Å²) in [6.07, 6.45) is 0.351. The molecule has 4 N–H and O–H groups in total. The molecule has 15 heteroatoms. The maximum atomic E-state index is 13.8. The number of aromatic nitrogens is 1. The summed E-state index contributed by atoms with van der Waals surface area (Å²) in [5, 5.41) is 26.9. The van der Waals surface area contributed by atoms with Crippen LogP contribution in [-0.4, -0.2) is 85.0 Å². The summed E-state index contributed by atoms with van der Waals surface area (Å²) in [6.45, 7) is 1.25. The summed E-state index contributed by atoms with van der Waals surface area (Å²) >= 11 is 1.45. The molecule has 2 amide bonds. The van der Waals surface area contributed by atoms with Crippen LogP contribution in [-0.2, 0) is 21.2 Å². The Morgan fingerprint density at radius 3 is 2.27 bits per heavy atom. The van der Waals surface area contributed by atoms with Gasteiger partial charge in [0.05, 0.1) is 18.3 Å². The number of amides is 2. The number of hydrogen-bond donors (Lipinski definition) is 4. The van der Waals surface area contributed by atoms with E-state index in [9.17, 15) is 37.0 Å². The van der Waals surface area contributed by atoms with E-state index in [1.54, 1.807) is 0 Å². The fourth-order valence-corrected chi connectivity index (χ4v) is 4.30. The van der Waals surface area contributed by atoms with E-state index in [4.69, 9.17) is 4.42 Å². The van der Waals surface area contributed by atoms with Crippen LogP contribution in [0.4, 0.5) is 14.8 Å². The summed E-state index contributed by atoms with van der Waals surface area (Å²) < 4.78 is 56.7. The first-order valence-corrected chi connectivity index (χ1v) is 14.2. The number of aliphatic hydroxyl groups is 2. The third kappa shape index (κ3) is 8.94. The Bertz CT molecular complexity index is 1180. The highest BCUT2D eigenvalue weighted by Gasteiger charge is 2.34. The summed E-state index contributed by atoms with van der Waals surface area (Å²) in [5.74, 6) is -2.58. The van der Waals surface area contributed by atoms with Crippen molar-refractivity contribution in [2.24, 2.45) is 0 Å². The normalized spacial score (nSPS) is 14.9. The summed E-state index contributed by atoms with van der Waals surface area (Å²) in [5.41, 5.74) is -0.268. The second-order valence-corrected chi connectivity index (χ2v) is 11.4. The molecule has 1 aromatic heterocycles. The van der Waals surface area contributed by atoms with Gasteiger partial charge in [0.25, 0.3) is 5.91 Å². The van der Waals surface area contributed by atoms with Gasteiger partial charge in [0.15, 0.2) is 5.69 Å². The molecular weight excluding hydrogens is 534 g/mol. The van der Waals surface area contributed by atoms with Gasteiger partial charge in [0.2, 0.25) is 15.9 Å². The van der Waals surface area contributed by atoms with Crippen LogP contribution in [0.1, 0.15) is 29.4 Å². The number of rotatable bonds is 13. The van der Waals surface area contributed by atoms with Crippen molar-refractivity contribution in [1.82, 2.24) is 15.6 Å². The Morgan fingerprint density at radius 1 is 1.14 bits per heavy atom. The van der Waals surface area contributed by atoms with Gasteiger partial charge in [-0.15, -0.1) is 0 Å². The fraction of sp³-hybridized carbons (Fsp3) is 0.500. The van der Waals surface area contributed by atoms with Gasteiger partial charge in [-0.1, -0.05) is 0 Å². The molecule has 206 valence electrons. The van der Waals surface area contributed by atoms with Crippen molar-refractivity contribution in [1.29, 1.82) is 0 Å². The molecule has 0 radical (unpaired) electrons. The van der Waals surface area contributed by atoms with Crippen molar-refractivity contribution in [3.05, 3.63) is 47.4 Å². The first-order valence-electron chi connectivity index (χ1n) is 11.0. The molecular formula is C22H30F2N4O7S2. The number of sulfonamides is 1. The number of hydrogen-bond acceptors (Lipinski definition) is 9. The number of halogens is 2. The fourth-order valence-electron chi connectivity index (χ4n) is 3.45. The molecule has 4 atom stereocenters. The summed E-state index contributed by atoms with van der Waals surface area (Å²) in [4.78, 5) is 28.4. The average Bonchev–Trinajstić information content (AvgIpc) is 3.28. The topological polar surface area (TPSA) is 162 Å². The lowest BCUT2D eigenvalue weighted by atomic mass is 9.92. The van der Waals surface area contributed by atoms with Gasteiger partial charge < -0.3 is 25.3 Å². The molecule has 0 saturated heterocycles. The Labute approximate surface area is 217 Å². The van der Waals surface area contributed by atoms with E-state index in [0.29, 0.717) is 22.5 Å². The molecule has 0 spiro atoms. The van der Waals surface area contributed by atoms with E-state index in [0.717, 1.165) is 24.7 Å². The zero-order valence-electron chi connectivity index (χ0n) is 20.6. The van der Waals surface area contributed by atoms with Crippen LogP contribution >= 0.6 is 11.8 Å². The second kappa shape index (κ2) is 13.2. The lowest BCUT2D eigenvalue weighted by Gasteiger charge is -2.32. The van der Waals surface area contributed by atoms with E-state index in [-0.39, 0.29) is 23.7 Å². The number of aliphatic hydroxyl groups excluding tert-OH is 2. The van der Waals surface area contributed by atoms with Gasteiger partial charge >= 0.3 is 6.01 Å². The van der Waals surface area contributed by atoms with E-state index >= 15 is 0 Å². The molecule has 37 heavy (non-hydrogen) atoms. The number of anilines is 1. The summed E-state index contributed by atoms with van der Waals surface area (Å²) in [6, 6.07) is 0.102.